The molecule has 0 saturated heterocycles. The Balaban J connectivity index is 2.55. The number of aromatic amines is 2. The van der Waals surface area contributed by atoms with E-state index in [0.717, 1.165) is 11.3 Å². The van der Waals surface area contributed by atoms with Crippen LogP contribution in [0.25, 0.3) is 0 Å². The van der Waals surface area contributed by atoms with Gasteiger partial charge in [-0.05, 0) is 49.7 Å². The predicted octanol–water partition coefficient (Wildman–Crippen LogP) is 2.78. The molecular formula is C15H23N3O3S2. The van der Waals surface area contributed by atoms with E-state index in [1.54, 1.807) is 6.92 Å². The summed E-state index contributed by atoms with van der Waals surface area (Å²) in [5.74, 6) is 0.392. The lowest BCUT2D eigenvalue weighted by Gasteiger charge is -2.11. The van der Waals surface area contributed by atoms with Crippen LogP contribution in [0.5, 0.6) is 0 Å². The van der Waals surface area contributed by atoms with Gasteiger partial charge in [-0.1, -0.05) is 13.0 Å². The minimum atomic E-state index is -0.354. The van der Waals surface area contributed by atoms with E-state index in [-0.39, 0.29) is 27.9 Å². The number of ether oxygens (including phenoxy) is 1. The Bertz CT molecular complexity index is 679. The van der Waals surface area contributed by atoms with Crippen LogP contribution in [0.3, 0.4) is 0 Å². The van der Waals surface area contributed by atoms with Gasteiger partial charge in [0.05, 0.1) is 12.4 Å². The van der Waals surface area contributed by atoms with E-state index in [0.29, 0.717) is 24.5 Å². The summed E-state index contributed by atoms with van der Waals surface area (Å²) in [5, 5.41) is 0. The zero-order valence-electron chi connectivity index (χ0n) is 13.6. The molecule has 0 amide bonds. The number of anilines is 1. The van der Waals surface area contributed by atoms with Crippen LogP contribution < -0.4 is 11.3 Å². The van der Waals surface area contributed by atoms with Crippen LogP contribution >= 0.6 is 24.0 Å². The number of H-pyrrole nitrogens is 2. The number of nitrogens with two attached hydrogens (primary N) is 1. The Morgan fingerprint density at radius 1 is 1.48 bits per heavy atom. The predicted molar refractivity (Wildman–Crippen MR) is 97.0 cm³/mol. The molecule has 0 bridgehead atoms. The van der Waals surface area contributed by atoms with E-state index >= 15 is 0 Å². The molecule has 1 unspecified atom stereocenters. The van der Waals surface area contributed by atoms with Crippen LogP contribution in [-0.2, 0) is 16.0 Å². The summed E-state index contributed by atoms with van der Waals surface area (Å²) < 4.78 is 5.17. The molecule has 0 aliphatic rings. The van der Waals surface area contributed by atoms with Gasteiger partial charge in [0, 0.05) is 5.69 Å². The number of aromatic nitrogens is 2. The average molecular weight is 358 g/mol. The quantitative estimate of drug-likeness (QED) is 0.488. The summed E-state index contributed by atoms with van der Waals surface area (Å²) in [4.78, 5) is 29.3. The van der Waals surface area contributed by atoms with Crippen molar-refractivity contribution in [2.75, 3.05) is 18.1 Å². The minimum Gasteiger partial charge on any atom is -0.465 e. The average Bonchev–Trinajstić information content (AvgIpc) is 2.48. The lowest BCUT2D eigenvalue weighted by atomic mass is 10.0. The van der Waals surface area contributed by atoms with Crippen LogP contribution in [0, 0.1) is 10.7 Å². The van der Waals surface area contributed by atoms with Gasteiger partial charge in [0.1, 0.15) is 5.69 Å². The fraction of sp³-hybridized carbons (Fsp3) is 0.533. The first-order valence-corrected chi connectivity index (χ1v) is 8.79. The fourth-order valence-corrected chi connectivity index (χ4v) is 2.80. The summed E-state index contributed by atoms with van der Waals surface area (Å²) >= 11 is 6.42. The number of nitrogens with one attached hydrogen (secondary N) is 2. The fourth-order valence-electron chi connectivity index (χ4n) is 1.94. The normalized spacial score (nSPS) is 12.9. The van der Waals surface area contributed by atoms with Crippen molar-refractivity contribution in [2.45, 2.75) is 33.6 Å². The monoisotopic (exact) mass is 357 g/mol. The van der Waals surface area contributed by atoms with Crippen molar-refractivity contribution in [3.63, 3.8) is 0 Å². The molecule has 0 aromatic carbocycles. The van der Waals surface area contributed by atoms with Gasteiger partial charge in [-0.15, -0.1) is 11.8 Å². The molecule has 6 nitrogen and oxygen atoms in total. The van der Waals surface area contributed by atoms with E-state index < -0.39 is 0 Å². The second kappa shape index (κ2) is 9.57. The molecule has 4 N–H and O–H groups in total. The summed E-state index contributed by atoms with van der Waals surface area (Å²) in [6, 6.07) is 0. The van der Waals surface area contributed by atoms with Gasteiger partial charge in [-0.2, -0.15) is 0 Å². The second-order valence-electron chi connectivity index (χ2n) is 5.25. The number of carbonyl (C=O) groups is 1. The van der Waals surface area contributed by atoms with E-state index in [9.17, 15) is 9.59 Å². The van der Waals surface area contributed by atoms with Crippen LogP contribution in [0.2, 0.25) is 0 Å². The van der Waals surface area contributed by atoms with Crippen molar-refractivity contribution in [1.82, 2.24) is 9.97 Å². The molecular weight excluding hydrogens is 334 g/mol. The zero-order valence-corrected chi connectivity index (χ0v) is 15.2. The van der Waals surface area contributed by atoms with Crippen molar-refractivity contribution in [1.29, 1.82) is 0 Å². The standard InChI is InChI=1S/C15H23N3O3S2/c1-4-21-12(19)8-23-10(3)6-5-9(2)7-11-13(16)14(20)18-15(22)17-11/h6,9H,4-5,7-8,16H2,1-3H3,(H2,17,18,20,22)/b10-6-. The van der Waals surface area contributed by atoms with Gasteiger partial charge in [0.25, 0.3) is 5.56 Å². The first kappa shape index (κ1) is 19.5. The van der Waals surface area contributed by atoms with Crippen LogP contribution in [0.4, 0.5) is 5.69 Å². The molecule has 1 atom stereocenters. The number of esters is 1. The Morgan fingerprint density at radius 3 is 2.83 bits per heavy atom. The zero-order chi connectivity index (χ0) is 17.4. The maximum atomic E-state index is 11.6. The Labute approximate surface area is 144 Å². The Hall–Kier alpha value is -1.54. The van der Waals surface area contributed by atoms with Crippen molar-refractivity contribution < 1.29 is 9.53 Å². The van der Waals surface area contributed by atoms with Crippen molar-refractivity contribution in [3.05, 3.63) is 31.8 Å². The third-order valence-electron chi connectivity index (χ3n) is 3.14. The molecule has 23 heavy (non-hydrogen) atoms. The van der Waals surface area contributed by atoms with E-state index in [1.165, 1.54) is 11.8 Å². The van der Waals surface area contributed by atoms with Crippen LogP contribution in [-0.4, -0.2) is 28.3 Å². The molecule has 0 fully saturated rings. The molecule has 1 aromatic heterocycles. The van der Waals surface area contributed by atoms with Crippen LogP contribution in [0.1, 0.15) is 32.9 Å². The minimum absolute atomic E-state index is 0.183. The molecule has 1 heterocycles. The molecule has 0 radical (unpaired) electrons. The summed E-state index contributed by atoms with van der Waals surface area (Å²) in [7, 11) is 0. The van der Waals surface area contributed by atoms with E-state index in [1.807, 2.05) is 6.92 Å². The second-order valence-corrected chi connectivity index (χ2v) is 6.88. The number of hydrogen-bond acceptors (Lipinski definition) is 6. The van der Waals surface area contributed by atoms with Gasteiger partial charge >= 0.3 is 5.97 Å². The maximum absolute atomic E-state index is 11.6. The number of carbonyl (C=O) groups excluding carboxylic acids is 1. The first-order valence-electron chi connectivity index (χ1n) is 7.39. The van der Waals surface area contributed by atoms with E-state index in [2.05, 4.69) is 23.0 Å². The van der Waals surface area contributed by atoms with Crippen molar-refractivity contribution in [3.8, 4) is 0 Å². The topological polar surface area (TPSA) is 101 Å². The van der Waals surface area contributed by atoms with Crippen molar-refractivity contribution >= 4 is 35.6 Å². The number of hydrogen-bond donors (Lipinski definition) is 3. The highest BCUT2D eigenvalue weighted by atomic mass is 32.2. The number of thioether (sulfide) groups is 1. The molecule has 0 saturated carbocycles. The lowest BCUT2D eigenvalue weighted by molar-refractivity contribution is -0.139. The maximum Gasteiger partial charge on any atom is 0.316 e. The molecule has 128 valence electrons. The highest BCUT2D eigenvalue weighted by Gasteiger charge is 2.09. The highest BCUT2D eigenvalue weighted by molar-refractivity contribution is 8.03. The lowest BCUT2D eigenvalue weighted by Crippen LogP contribution is -2.18. The van der Waals surface area contributed by atoms with Gasteiger partial charge < -0.3 is 15.5 Å². The molecule has 8 heteroatoms. The van der Waals surface area contributed by atoms with E-state index in [4.69, 9.17) is 22.7 Å². The summed E-state index contributed by atoms with van der Waals surface area (Å²) in [5.41, 5.74) is 6.27. The number of rotatable bonds is 8. The van der Waals surface area contributed by atoms with Gasteiger partial charge in [-0.25, -0.2) is 0 Å². The van der Waals surface area contributed by atoms with Gasteiger partial charge in [0.2, 0.25) is 0 Å². The first-order chi connectivity index (χ1) is 10.8. The molecule has 1 aromatic rings. The highest BCUT2D eigenvalue weighted by Crippen LogP contribution is 2.19. The van der Waals surface area contributed by atoms with Crippen molar-refractivity contribution in [2.24, 2.45) is 5.92 Å². The Morgan fingerprint density at radius 2 is 2.17 bits per heavy atom. The molecule has 0 spiro atoms. The largest absolute Gasteiger partial charge is 0.465 e. The summed E-state index contributed by atoms with van der Waals surface area (Å²) in [6.45, 7) is 6.22. The van der Waals surface area contributed by atoms with Gasteiger partial charge in [-0.3, -0.25) is 14.6 Å². The third-order valence-corrected chi connectivity index (χ3v) is 4.35. The molecule has 0 aliphatic heterocycles. The number of allylic oxidation sites excluding steroid dienone is 2. The smallest absolute Gasteiger partial charge is 0.316 e. The molecule has 0 aliphatic carbocycles. The molecule has 1 rings (SSSR count). The number of nitrogen functional groups attached to an aromatic ring is 1. The Kier molecular flexibility index (Phi) is 8.11. The summed E-state index contributed by atoms with van der Waals surface area (Å²) in [6.07, 6.45) is 3.52. The third kappa shape index (κ3) is 7.04. The van der Waals surface area contributed by atoms with Gasteiger partial charge in [0.15, 0.2) is 4.77 Å². The van der Waals surface area contributed by atoms with Crippen LogP contribution in [0.15, 0.2) is 15.8 Å². The SMILES string of the molecule is CCOC(=O)CS/C(C)=C\CC(C)Cc1[nH]c(=S)[nH]c(=O)c1N.